The van der Waals surface area contributed by atoms with Crippen LogP contribution in [0.4, 0.5) is 5.69 Å². The van der Waals surface area contributed by atoms with Crippen LogP contribution < -0.4 is 5.32 Å². The molecule has 2 aliphatic heterocycles. The molecule has 1 N–H and O–H groups in total. The number of nitrogens with zero attached hydrogens (tertiary/aromatic N) is 2. The van der Waals surface area contributed by atoms with E-state index in [9.17, 15) is 18.0 Å². The smallest absolute Gasteiger partial charge is 0.342 e. The Balaban J connectivity index is 1.66. The van der Waals surface area contributed by atoms with Gasteiger partial charge in [0, 0.05) is 18.4 Å². The molecule has 1 aromatic carbocycles. The number of carbonyl (C=O) groups excluding carboxylic acids is 2. The van der Waals surface area contributed by atoms with Crippen molar-refractivity contribution in [1.82, 2.24) is 4.90 Å². The van der Waals surface area contributed by atoms with Gasteiger partial charge in [0.05, 0.1) is 5.75 Å². The van der Waals surface area contributed by atoms with Gasteiger partial charge in [-0.15, -0.1) is 4.40 Å². The van der Waals surface area contributed by atoms with E-state index in [-0.39, 0.29) is 23.7 Å². The van der Waals surface area contributed by atoms with Gasteiger partial charge < -0.3 is 15.0 Å². The molecule has 9 heteroatoms. The van der Waals surface area contributed by atoms with Crippen LogP contribution in [-0.4, -0.2) is 49.4 Å². The number of hydrogen-bond donors (Lipinski definition) is 1. The SMILES string of the molecule is CC(C)c1ccc(NC(=O)[C@H](C)OC(=O)C2=CC=CN3CCS(=O)(=O)N=C23)cc1. The fourth-order valence-electron chi connectivity index (χ4n) is 2.85. The maximum absolute atomic E-state index is 12.5. The van der Waals surface area contributed by atoms with Gasteiger partial charge in [-0.3, -0.25) is 4.79 Å². The Kier molecular flexibility index (Phi) is 5.88. The summed E-state index contributed by atoms with van der Waals surface area (Å²) in [5, 5.41) is 2.70. The number of allylic oxidation sites excluding steroid dienone is 2. The van der Waals surface area contributed by atoms with Crippen molar-refractivity contribution in [3.05, 3.63) is 53.8 Å². The molecule has 154 valence electrons. The molecule has 29 heavy (non-hydrogen) atoms. The van der Waals surface area contributed by atoms with Crippen molar-refractivity contribution in [2.45, 2.75) is 32.8 Å². The number of anilines is 1. The molecule has 1 amide bonds. The largest absolute Gasteiger partial charge is 0.449 e. The van der Waals surface area contributed by atoms with Crippen LogP contribution >= 0.6 is 0 Å². The predicted molar refractivity (Wildman–Crippen MR) is 110 cm³/mol. The average molecular weight is 417 g/mol. The second kappa shape index (κ2) is 8.20. The molecule has 2 aliphatic rings. The van der Waals surface area contributed by atoms with E-state index >= 15 is 0 Å². The Bertz CT molecular complexity index is 1010. The van der Waals surface area contributed by atoms with Gasteiger partial charge in [-0.25, -0.2) is 13.2 Å². The number of amidine groups is 1. The molecule has 0 saturated heterocycles. The topological polar surface area (TPSA) is 105 Å². The van der Waals surface area contributed by atoms with Gasteiger partial charge >= 0.3 is 5.97 Å². The molecule has 0 bridgehead atoms. The Morgan fingerprint density at radius 3 is 2.52 bits per heavy atom. The van der Waals surface area contributed by atoms with Crippen LogP contribution in [0.1, 0.15) is 32.3 Å². The number of nitrogens with one attached hydrogen (secondary N) is 1. The molecule has 0 unspecified atom stereocenters. The zero-order valence-corrected chi connectivity index (χ0v) is 17.3. The first-order valence-electron chi connectivity index (χ1n) is 9.26. The first-order chi connectivity index (χ1) is 13.7. The van der Waals surface area contributed by atoms with Crippen LogP contribution in [0.25, 0.3) is 0 Å². The van der Waals surface area contributed by atoms with Crippen LogP contribution in [0.3, 0.4) is 0 Å². The normalized spacial score (nSPS) is 18.4. The van der Waals surface area contributed by atoms with Crippen molar-refractivity contribution in [3.8, 4) is 0 Å². The molecule has 0 spiro atoms. The van der Waals surface area contributed by atoms with Crippen molar-refractivity contribution < 1.29 is 22.7 Å². The van der Waals surface area contributed by atoms with Crippen LogP contribution in [0.2, 0.25) is 0 Å². The molecule has 0 aliphatic carbocycles. The number of rotatable bonds is 5. The molecule has 0 saturated carbocycles. The van der Waals surface area contributed by atoms with Crippen LogP contribution in [0.15, 0.2) is 52.6 Å². The maximum Gasteiger partial charge on any atom is 0.342 e. The Labute approximate surface area is 170 Å². The highest BCUT2D eigenvalue weighted by Crippen LogP contribution is 2.20. The van der Waals surface area contributed by atoms with Crippen molar-refractivity contribution in [3.63, 3.8) is 0 Å². The van der Waals surface area contributed by atoms with Crippen LogP contribution in [-0.2, 0) is 24.3 Å². The van der Waals surface area contributed by atoms with E-state index in [1.165, 1.54) is 13.0 Å². The summed E-state index contributed by atoms with van der Waals surface area (Å²) in [5.74, 6) is -1.03. The molecule has 0 radical (unpaired) electrons. The molecule has 1 atom stereocenters. The highest BCUT2D eigenvalue weighted by Gasteiger charge is 2.32. The average Bonchev–Trinajstić information content (AvgIpc) is 2.67. The zero-order chi connectivity index (χ0) is 21.2. The second-order valence-corrected chi connectivity index (χ2v) is 8.88. The third kappa shape index (κ3) is 4.92. The summed E-state index contributed by atoms with van der Waals surface area (Å²) in [6.45, 7) is 5.80. The zero-order valence-electron chi connectivity index (χ0n) is 16.5. The number of hydrogen-bond acceptors (Lipinski definition) is 6. The van der Waals surface area contributed by atoms with E-state index in [1.54, 1.807) is 29.3 Å². The van der Waals surface area contributed by atoms with Gasteiger partial charge in [-0.05, 0) is 42.7 Å². The van der Waals surface area contributed by atoms with Crippen molar-refractivity contribution >= 4 is 33.4 Å². The predicted octanol–water partition coefficient (Wildman–Crippen LogP) is 2.18. The molecular weight excluding hydrogens is 394 g/mol. The number of esters is 1. The Hall–Kier alpha value is -2.94. The van der Waals surface area contributed by atoms with Gasteiger partial charge in [-0.1, -0.05) is 26.0 Å². The van der Waals surface area contributed by atoms with Gasteiger partial charge in [0.25, 0.3) is 15.9 Å². The molecule has 3 rings (SSSR count). The van der Waals surface area contributed by atoms with E-state index in [2.05, 4.69) is 23.6 Å². The lowest BCUT2D eigenvalue weighted by Gasteiger charge is -2.28. The minimum Gasteiger partial charge on any atom is -0.449 e. The number of benzene rings is 1. The van der Waals surface area contributed by atoms with Crippen LogP contribution in [0, 0.1) is 0 Å². The van der Waals surface area contributed by atoms with E-state index in [1.807, 2.05) is 12.1 Å². The highest BCUT2D eigenvalue weighted by atomic mass is 32.2. The fourth-order valence-corrected chi connectivity index (χ4v) is 3.83. The summed E-state index contributed by atoms with van der Waals surface area (Å²) in [6, 6.07) is 7.42. The highest BCUT2D eigenvalue weighted by molar-refractivity contribution is 7.90. The quantitative estimate of drug-likeness (QED) is 0.736. The molecule has 2 heterocycles. The second-order valence-electron chi connectivity index (χ2n) is 7.13. The molecular formula is C20H23N3O5S. The van der Waals surface area contributed by atoms with E-state index < -0.39 is 28.0 Å². The third-order valence-corrected chi connectivity index (χ3v) is 5.72. The lowest BCUT2D eigenvalue weighted by Crippen LogP contribution is -2.41. The Morgan fingerprint density at radius 2 is 1.86 bits per heavy atom. The van der Waals surface area contributed by atoms with Crippen molar-refractivity contribution in [2.24, 2.45) is 4.40 Å². The van der Waals surface area contributed by atoms with Crippen LogP contribution in [0.5, 0.6) is 0 Å². The molecule has 0 fully saturated rings. The summed E-state index contributed by atoms with van der Waals surface area (Å²) < 4.78 is 32.5. The number of sulfonamides is 1. The van der Waals surface area contributed by atoms with E-state index in [0.29, 0.717) is 11.6 Å². The molecule has 1 aromatic rings. The Morgan fingerprint density at radius 1 is 1.17 bits per heavy atom. The molecule has 0 aromatic heterocycles. The van der Waals surface area contributed by atoms with Crippen molar-refractivity contribution in [1.29, 1.82) is 0 Å². The third-order valence-electron chi connectivity index (χ3n) is 4.58. The number of amides is 1. The number of ether oxygens (including phenoxy) is 1. The van der Waals surface area contributed by atoms with Gasteiger partial charge in [0.15, 0.2) is 11.9 Å². The summed E-state index contributed by atoms with van der Waals surface area (Å²) >= 11 is 0. The monoisotopic (exact) mass is 417 g/mol. The summed E-state index contributed by atoms with van der Waals surface area (Å²) in [4.78, 5) is 26.5. The minimum atomic E-state index is -3.63. The first kappa shape index (κ1) is 20.8. The van der Waals surface area contributed by atoms with E-state index in [4.69, 9.17) is 4.74 Å². The lowest BCUT2D eigenvalue weighted by atomic mass is 10.0. The van der Waals surface area contributed by atoms with Crippen molar-refractivity contribution in [2.75, 3.05) is 17.6 Å². The first-order valence-corrected chi connectivity index (χ1v) is 10.9. The number of carbonyl (C=O) groups is 2. The van der Waals surface area contributed by atoms with Gasteiger partial charge in [-0.2, -0.15) is 0 Å². The van der Waals surface area contributed by atoms with Gasteiger partial charge in [0.2, 0.25) is 0 Å². The minimum absolute atomic E-state index is 0.00305. The van der Waals surface area contributed by atoms with E-state index in [0.717, 1.165) is 5.56 Å². The molecule has 8 nitrogen and oxygen atoms in total. The lowest BCUT2D eigenvalue weighted by molar-refractivity contribution is -0.148. The maximum atomic E-state index is 12.5. The fraction of sp³-hybridized carbons (Fsp3) is 0.350. The summed E-state index contributed by atoms with van der Waals surface area (Å²) in [7, 11) is -3.63. The van der Waals surface area contributed by atoms with Gasteiger partial charge in [0.1, 0.15) is 5.57 Å². The summed E-state index contributed by atoms with van der Waals surface area (Å²) in [5.41, 5.74) is 1.74. The number of fused-ring (bicyclic) bond motifs is 1. The summed E-state index contributed by atoms with van der Waals surface area (Å²) in [6.07, 6.45) is 3.59. The standard InChI is InChI=1S/C20H23N3O5S/c1-13(2)15-6-8-16(9-7-15)21-19(24)14(3)28-20(25)17-5-4-10-23-11-12-29(26,27)22-18(17)23/h4-10,13-14H,11-12H2,1-3H3,(H,21,24)/t14-/m0/s1.